The quantitative estimate of drug-likeness (QED) is 0.415. The van der Waals surface area contributed by atoms with Crippen molar-refractivity contribution < 1.29 is 4.74 Å². The van der Waals surface area contributed by atoms with Crippen LogP contribution >= 0.6 is 0 Å². The predicted octanol–water partition coefficient (Wildman–Crippen LogP) is 1.54. The topological polar surface area (TPSA) is 59.1 Å². The maximum Gasteiger partial charge on any atom is 0.122 e. The molecule has 68 valence electrons. The molecule has 3 N–H and O–H groups in total. The molecule has 0 amide bonds. The van der Waals surface area contributed by atoms with Gasteiger partial charge in [-0.3, -0.25) is 5.41 Å². The molecule has 0 bridgehead atoms. The molecule has 0 spiro atoms. The van der Waals surface area contributed by atoms with Gasteiger partial charge < -0.3 is 10.5 Å². The highest BCUT2D eigenvalue weighted by Gasteiger charge is 1.96. The highest BCUT2D eigenvalue weighted by molar-refractivity contribution is 5.94. The van der Waals surface area contributed by atoms with E-state index >= 15 is 0 Å². The van der Waals surface area contributed by atoms with Gasteiger partial charge in [0.05, 0.1) is 0 Å². The first-order chi connectivity index (χ1) is 6.24. The van der Waals surface area contributed by atoms with E-state index in [4.69, 9.17) is 15.9 Å². The van der Waals surface area contributed by atoms with Gasteiger partial charge in [-0.05, 0) is 24.3 Å². The fourth-order valence-corrected chi connectivity index (χ4v) is 0.886. The van der Waals surface area contributed by atoms with Gasteiger partial charge in [0.1, 0.15) is 18.2 Å². The number of benzene rings is 1. The van der Waals surface area contributed by atoms with Crippen LogP contribution in [0.25, 0.3) is 0 Å². The first-order valence-corrected chi connectivity index (χ1v) is 3.92. The molecule has 3 nitrogen and oxygen atoms in total. The number of rotatable bonds is 4. The molecule has 0 aliphatic rings. The Bertz CT molecular complexity index is 303. The largest absolute Gasteiger partial charge is 0.490 e. The first kappa shape index (κ1) is 9.32. The van der Waals surface area contributed by atoms with E-state index in [0.717, 1.165) is 5.75 Å². The van der Waals surface area contributed by atoms with Crippen LogP contribution in [-0.2, 0) is 0 Å². The van der Waals surface area contributed by atoms with Crippen LogP contribution in [0.2, 0.25) is 0 Å². The first-order valence-electron chi connectivity index (χ1n) is 3.92. The molecule has 0 unspecified atom stereocenters. The van der Waals surface area contributed by atoms with Crippen LogP contribution in [0.5, 0.6) is 5.75 Å². The molecular formula is C10H12N2O. The van der Waals surface area contributed by atoms with Crippen molar-refractivity contribution >= 4 is 5.84 Å². The third-order valence-electron chi connectivity index (χ3n) is 1.53. The van der Waals surface area contributed by atoms with Gasteiger partial charge in [-0.15, -0.1) is 0 Å². The lowest BCUT2D eigenvalue weighted by molar-refractivity contribution is 0.363. The summed E-state index contributed by atoms with van der Waals surface area (Å²) in [7, 11) is 0. The van der Waals surface area contributed by atoms with E-state index in [9.17, 15) is 0 Å². The van der Waals surface area contributed by atoms with Crippen molar-refractivity contribution in [3.63, 3.8) is 0 Å². The maximum absolute atomic E-state index is 7.16. The van der Waals surface area contributed by atoms with E-state index < -0.39 is 0 Å². The summed E-state index contributed by atoms with van der Waals surface area (Å²) in [6.07, 6.45) is 1.68. The Kier molecular flexibility index (Phi) is 3.09. The Morgan fingerprint density at radius 3 is 2.54 bits per heavy atom. The predicted molar refractivity (Wildman–Crippen MR) is 53.2 cm³/mol. The third-order valence-corrected chi connectivity index (χ3v) is 1.53. The van der Waals surface area contributed by atoms with Crippen molar-refractivity contribution in [3.05, 3.63) is 42.5 Å². The summed E-state index contributed by atoms with van der Waals surface area (Å²) in [6.45, 7) is 4.03. The van der Waals surface area contributed by atoms with Crippen LogP contribution in [0.1, 0.15) is 5.56 Å². The number of ether oxygens (including phenoxy) is 1. The minimum Gasteiger partial charge on any atom is -0.490 e. The fraction of sp³-hybridized carbons (Fsp3) is 0.100. The molecular weight excluding hydrogens is 164 g/mol. The molecule has 1 aromatic rings. The molecule has 0 aliphatic heterocycles. The van der Waals surface area contributed by atoms with Crippen LogP contribution in [-0.4, -0.2) is 12.4 Å². The van der Waals surface area contributed by atoms with Gasteiger partial charge in [-0.2, -0.15) is 0 Å². The Balaban J connectivity index is 2.69. The molecule has 1 rings (SSSR count). The third kappa shape index (κ3) is 2.63. The van der Waals surface area contributed by atoms with Gasteiger partial charge in [0.15, 0.2) is 0 Å². The summed E-state index contributed by atoms with van der Waals surface area (Å²) in [4.78, 5) is 0. The van der Waals surface area contributed by atoms with Gasteiger partial charge in [-0.1, -0.05) is 12.7 Å². The molecule has 1 aromatic carbocycles. The van der Waals surface area contributed by atoms with E-state index in [1.54, 1.807) is 30.3 Å². The van der Waals surface area contributed by atoms with Gasteiger partial charge in [-0.25, -0.2) is 0 Å². The number of hydrogen-bond acceptors (Lipinski definition) is 2. The zero-order chi connectivity index (χ0) is 9.68. The summed E-state index contributed by atoms with van der Waals surface area (Å²) in [6, 6.07) is 7.06. The van der Waals surface area contributed by atoms with Gasteiger partial charge in [0.2, 0.25) is 0 Å². The zero-order valence-corrected chi connectivity index (χ0v) is 7.29. The number of hydrogen-bond donors (Lipinski definition) is 2. The second-order valence-corrected chi connectivity index (χ2v) is 2.54. The molecule has 3 heteroatoms. The molecule has 0 fully saturated rings. The van der Waals surface area contributed by atoms with Crippen molar-refractivity contribution in [3.8, 4) is 5.75 Å². The molecule has 13 heavy (non-hydrogen) atoms. The lowest BCUT2D eigenvalue weighted by Crippen LogP contribution is -2.10. The fourth-order valence-electron chi connectivity index (χ4n) is 0.886. The summed E-state index contributed by atoms with van der Waals surface area (Å²) < 4.78 is 5.26. The summed E-state index contributed by atoms with van der Waals surface area (Å²) >= 11 is 0. The normalized spacial score (nSPS) is 9.23. The van der Waals surface area contributed by atoms with Crippen LogP contribution < -0.4 is 10.5 Å². The smallest absolute Gasteiger partial charge is 0.122 e. The Hall–Kier alpha value is -1.77. The van der Waals surface area contributed by atoms with E-state index in [1.807, 2.05) is 0 Å². The van der Waals surface area contributed by atoms with Crippen LogP contribution in [0, 0.1) is 5.41 Å². The lowest BCUT2D eigenvalue weighted by atomic mass is 10.2. The lowest BCUT2D eigenvalue weighted by Gasteiger charge is -2.03. The Labute approximate surface area is 77.3 Å². The molecule has 0 atom stereocenters. The van der Waals surface area contributed by atoms with Crippen molar-refractivity contribution in [1.29, 1.82) is 5.41 Å². The minimum atomic E-state index is 0.0651. The van der Waals surface area contributed by atoms with E-state index in [-0.39, 0.29) is 5.84 Å². The van der Waals surface area contributed by atoms with Gasteiger partial charge >= 0.3 is 0 Å². The molecule has 0 aromatic heterocycles. The summed E-state index contributed by atoms with van der Waals surface area (Å²) in [5.74, 6) is 0.820. The number of nitrogen functional groups attached to an aromatic ring is 1. The van der Waals surface area contributed by atoms with E-state index in [2.05, 4.69) is 6.58 Å². The van der Waals surface area contributed by atoms with Gasteiger partial charge in [0, 0.05) is 5.56 Å². The van der Waals surface area contributed by atoms with Crippen molar-refractivity contribution in [2.24, 2.45) is 5.73 Å². The molecule has 0 saturated heterocycles. The van der Waals surface area contributed by atoms with E-state index in [1.165, 1.54) is 0 Å². The average molecular weight is 176 g/mol. The molecule has 0 aliphatic carbocycles. The van der Waals surface area contributed by atoms with Crippen LogP contribution in [0.3, 0.4) is 0 Å². The molecule has 0 radical (unpaired) electrons. The SMILES string of the molecule is C=CCOc1ccc(C(=N)N)cc1. The number of amidine groups is 1. The number of nitrogens with one attached hydrogen (secondary N) is 1. The van der Waals surface area contributed by atoms with Crippen molar-refractivity contribution in [2.75, 3.05) is 6.61 Å². The monoisotopic (exact) mass is 176 g/mol. The summed E-state index contributed by atoms with van der Waals surface area (Å²) in [5, 5.41) is 7.16. The highest BCUT2D eigenvalue weighted by Crippen LogP contribution is 2.11. The number of nitrogens with two attached hydrogens (primary N) is 1. The van der Waals surface area contributed by atoms with Crippen molar-refractivity contribution in [1.82, 2.24) is 0 Å². The standard InChI is InChI=1S/C10H12N2O/c1-2-7-13-9-5-3-8(4-6-9)10(11)12/h2-6H,1,7H2,(H3,11,12). The maximum atomic E-state index is 7.16. The Morgan fingerprint density at radius 1 is 1.46 bits per heavy atom. The van der Waals surface area contributed by atoms with Crippen LogP contribution in [0.4, 0.5) is 0 Å². The van der Waals surface area contributed by atoms with Gasteiger partial charge in [0.25, 0.3) is 0 Å². The summed E-state index contributed by atoms with van der Waals surface area (Å²) in [5.41, 5.74) is 5.99. The average Bonchev–Trinajstić information content (AvgIpc) is 2.15. The Morgan fingerprint density at radius 2 is 2.08 bits per heavy atom. The molecule has 0 saturated carbocycles. The zero-order valence-electron chi connectivity index (χ0n) is 7.29. The molecule has 0 heterocycles. The second kappa shape index (κ2) is 4.30. The van der Waals surface area contributed by atoms with Crippen molar-refractivity contribution in [2.45, 2.75) is 0 Å². The van der Waals surface area contributed by atoms with E-state index in [0.29, 0.717) is 12.2 Å². The highest BCUT2D eigenvalue weighted by atomic mass is 16.5. The minimum absolute atomic E-state index is 0.0651. The second-order valence-electron chi connectivity index (χ2n) is 2.54. The van der Waals surface area contributed by atoms with Crippen LogP contribution in [0.15, 0.2) is 36.9 Å².